The zero-order chi connectivity index (χ0) is 12.3. The molecule has 0 bridgehead atoms. The number of rotatable bonds is 3. The second-order valence-corrected chi connectivity index (χ2v) is 4.49. The molecule has 2 rings (SSSR count). The van der Waals surface area contributed by atoms with Crippen LogP contribution in [0.15, 0.2) is 24.3 Å². The van der Waals surface area contributed by atoms with E-state index in [4.69, 9.17) is 0 Å². The van der Waals surface area contributed by atoms with Crippen molar-refractivity contribution in [3.8, 4) is 0 Å². The Bertz CT molecular complexity index is 404. The number of para-hydroxylation sites is 1. The van der Waals surface area contributed by atoms with Crippen molar-refractivity contribution in [2.75, 3.05) is 11.9 Å². The minimum absolute atomic E-state index is 0.0180. The van der Waals surface area contributed by atoms with Gasteiger partial charge >= 0.3 is 0 Å². The van der Waals surface area contributed by atoms with Gasteiger partial charge in [0, 0.05) is 12.2 Å². The summed E-state index contributed by atoms with van der Waals surface area (Å²) in [5, 5.41) is 15.2. The van der Waals surface area contributed by atoms with Crippen LogP contribution in [0.4, 0.5) is 5.69 Å². The van der Waals surface area contributed by atoms with Crippen molar-refractivity contribution in [2.45, 2.75) is 31.9 Å². The highest BCUT2D eigenvalue weighted by Crippen LogP contribution is 2.21. The zero-order valence-corrected chi connectivity index (χ0v) is 9.94. The molecule has 2 unspecified atom stereocenters. The molecule has 2 atom stereocenters. The smallest absolute Gasteiger partial charge is 0.241 e. The first-order valence-electron chi connectivity index (χ1n) is 5.97. The van der Waals surface area contributed by atoms with Crippen molar-refractivity contribution in [3.05, 3.63) is 29.8 Å². The molecule has 4 heteroatoms. The highest BCUT2D eigenvalue weighted by molar-refractivity contribution is 5.96. The predicted octanol–water partition coefficient (Wildman–Crippen LogP) is 0.910. The molecule has 17 heavy (non-hydrogen) atoms. The van der Waals surface area contributed by atoms with Crippen LogP contribution in [0, 0.1) is 0 Å². The van der Waals surface area contributed by atoms with E-state index < -0.39 is 6.10 Å². The fourth-order valence-corrected chi connectivity index (χ4v) is 2.02. The van der Waals surface area contributed by atoms with E-state index in [1.807, 2.05) is 24.3 Å². The van der Waals surface area contributed by atoms with E-state index in [2.05, 4.69) is 10.6 Å². The molecule has 92 valence electrons. The van der Waals surface area contributed by atoms with Gasteiger partial charge in [0.15, 0.2) is 0 Å². The molecule has 0 spiro atoms. The Hall–Kier alpha value is -1.39. The van der Waals surface area contributed by atoms with Crippen LogP contribution in [0.5, 0.6) is 0 Å². The van der Waals surface area contributed by atoms with Crippen LogP contribution < -0.4 is 10.6 Å². The summed E-state index contributed by atoms with van der Waals surface area (Å²) in [6, 6.07) is 7.63. The van der Waals surface area contributed by atoms with E-state index in [-0.39, 0.29) is 11.9 Å². The summed E-state index contributed by atoms with van der Waals surface area (Å²) in [7, 11) is 0. The minimum Gasteiger partial charge on any atom is -0.392 e. The van der Waals surface area contributed by atoms with Gasteiger partial charge in [0.25, 0.3) is 0 Å². The Morgan fingerprint density at radius 3 is 3.06 bits per heavy atom. The summed E-state index contributed by atoms with van der Waals surface area (Å²) in [4.78, 5) is 11.9. The summed E-state index contributed by atoms with van der Waals surface area (Å²) in [5.74, 6) is -0.0180. The average Bonchev–Trinajstić information content (AvgIpc) is 2.45. The van der Waals surface area contributed by atoms with Crippen LogP contribution in [0.3, 0.4) is 0 Å². The molecule has 1 aliphatic rings. The standard InChI is InChI=1S/C13H18N2O2/c1-9(16)8-14-12-7-6-10-4-2-3-5-11(10)15-13(12)17/h2-5,9,12,14,16H,6-8H2,1H3,(H,15,17). The van der Waals surface area contributed by atoms with Gasteiger partial charge in [0.05, 0.1) is 12.1 Å². The molecule has 0 saturated carbocycles. The van der Waals surface area contributed by atoms with Crippen molar-refractivity contribution < 1.29 is 9.90 Å². The topological polar surface area (TPSA) is 61.4 Å². The van der Waals surface area contributed by atoms with Crippen molar-refractivity contribution >= 4 is 11.6 Å². The van der Waals surface area contributed by atoms with Crippen LogP contribution in [0.1, 0.15) is 18.9 Å². The molecule has 0 saturated heterocycles. The van der Waals surface area contributed by atoms with Gasteiger partial charge in [-0.15, -0.1) is 0 Å². The van der Waals surface area contributed by atoms with E-state index in [1.54, 1.807) is 6.92 Å². The summed E-state index contributed by atoms with van der Waals surface area (Å²) in [5.41, 5.74) is 2.07. The monoisotopic (exact) mass is 234 g/mol. The third-order valence-corrected chi connectivity index (χ3v) is 2.95. The van der Waals surface area contributed by atoms with Crippen LogP contribution in [-0.2, 0) is 11.2 Å². The van der Waals surface area contributed by atoms with E-state index in [9.17, 15) is 9.90 Å². The predicted molar refractivity (Wildman–Crippen MR) is 66.9 cm³/mol. The van der Waals surface area contributed by atoms with Crippen molar-refractivity contribution in [2.24, 2.45) is 0 Å². The van der Waals surface area contributed by atoms with Gasteiger partial charge in [0.2, 0.25) is 5.91 Å². The minimum atomic E-state index is -0.437. The third kappa shape index (κ3) is 3.05. The molecule has 1 heterocycles. The molecule has 1 aromatic rings. The number of carbonyl (C=O) groups is 1. The highest BCUT2D eigenvalue weighted by atomic mass is 16.3. The van der Waals surface area contributed by atoms with Crippen LogP contribution in [-0.4, -0.2) is 29.7 Å². The van der Waals surface area contributed by atoms with Gasteiger partial charge < -0.3 is 15.7 Å². The number of hydrogen-bond acceptors (Lipinski definition) is 3. The van der Waals surface area contributed by atoms with Crippen LogP contribution in [0.25, 0.3) is 0 Å². The Morgan fingerprint density at radius 1 is 1.53 bits per heavy atom. The summed E-state index contributed by atoms with van der Waals surface area (Å²) in [6.07, 6.45) is 1.19. The first-order chi connectivity index (χ1) is 8.16. The normalized spacial score (nSPS) is 21.3. The number of aliphatic hydroxyl groups is 1. The van der Waals surface area contributed by atoms with Gasteiger partial charge in [-0.25, -0.2) is 0 Å². The molecule has 4 nitrogen and oxygen atoms in total. The highest BCUT2D eigenvalue weighted by Gasteiger charge is 2.22. The molecule has 1 aliphatic heterocycles. The number of benzene rings is 1. The van der Waals surface area contributed by atoms with Crippen molar-refractivity contribution in [1.29, 1.82) is 0 Å². The second kappa shape index (κ2) is 5.29. The quantitative estimate of drug-likeness (QED) is 0.728. The number of carbonyl (C=O) groups excluding carboxylic acids is 1. The maximum absolute atomic E-state index is 11.9. The van der Waals surface area contributed by atoms with Crippen molar-refractivity contribution in [1.82, 2.24) is 5.32 Å². The number of amides is 1. The summed E-state index contributed by atoms with van der Waals surface area (Å²) in [6.45, 7) is 2.14. The largest absolute Gasteiger partial charge is 0.392 e. The van der Waals surface area contributed by atoms with Crippen molar-refractivity contribution in [3.63, 3.8) is 0 Å². The Kier molecular flexibility index (Phi) is 3.76. The lowest BCUT2D eigenvalue weighted by Crippen LogP contribution is -2.42. The Balaban J connectivity index is 2.05. The maximum atomic E-state index is 11.9. The van der Waals surface area contributed by atoms with Crippen LogP contribution in [0.2, 0.25) is 0 Å². The van der Waals surface area contributed by atoms with Gasteiger partial charge in [-0.1, -0.05) is 18.2 Å². The van der Waals surface area contributed by atoms with E-state index in [0.717, 1.165) is 18.5 Å². The lowest BCUT2D eigenvalue weighted by molar-refractivity contribution is -0.118. The fraction of sp³-hybridized carbons (Fsp3) is 0.462. The van der Waals surface area contributed by atoms with Gasteiger partial charge in [-0.2, -0.15) is 0 Å². The molecule has 3 N–H and O–H groups in total. The molecule has 0 aliphatic carbocycles. The Morgan fingerprint density at radius 2 is 2.29 bits per heavy atom. The second-order valence-electron chi connectivity index (χ2n) is 4.49. The lowest BCUT2D eigenvalue weighted by atomic mass is 10.1. The zero-order valence-electron chi connectivity index (χ0n) is 9.94. The molecule has 1 amide bonds. The van der Waals surface area contributed by atoms with Crippen LogP contribution >= 0.6 is 0 Å². The number of nitrogens with one attached hydrogen (secondary N) is 2. The first-order valence-corrected chi connectivity index (χ1v) is 5.97. The van der Waals surface area contributed by atoms with E-state index >= 15 is 0 Å². The Labute approximate surface area is 101 Å². The molecular formula is C13H18N2O2. The molecule has 0 fully saturated rings. The van der Waals surface area contributed by atoms with E-state index in [1.165, 1.54) is 5.56 Å². The number of hydrogen-bond donors (Lipinski definition) is 3. The fourth-order valence-electron chi connectivity index (χ4n) is 2.02. The number of fused-ring (bicyclic) bond motifs is 1. The van der Waals surface area contributed by atoms with Gasteiger partial charge in [-0.3, -0.25) is 4.79 Å². The average molecular weight is 234 g/mol. The number of anilines is 1. The lowest BCUT2D eigenvalue weighted by Gasteiger charge is -2.16. The first kappa shape index (κ1) is 12.1. The van der Waals surface area contributed by atoms with Gasteiger partial charge in [0.1, 0.15) is 0 Å². The third-order valence-electron chi connectivity index (χ3n) is 2.95. The van der Waals surface area contributed by atoms with Gasteiger partial charge in [-0.05, 0) is 31.4 Å². The summed E-state index contributed by atoms with van der Waals surface area (Å²) >= 11 is 0. The number of aryl methyl sites for hydroxylation is 1. The SMILES string of the molecule is CC(O)CNC1CCc2ccccc2NC1=O. The van der Waals surface area contributed by atoms with E-state index in [0.29, 0.717) is 6.54 Å². The molecule has 0 radical (unpaired) electrons. The maximum Gasteiger partial charge on any atom is 0.241 e. The summed E-state index contributed by atoms with van der Waals surface area (Å²) < 4.78 is 0. The molecule has 1 aromatic carbocycles. The molecular weight excluding hydrogens is 216 g/mol. The molecule has 0 aromatic heterocycles. The number of aliphatic hydroxyl groups excluding tert-OH is 1.